The molecule has 6 nitrogen and oxygen atoms in total. The molecule has 1 atom stereocenters. The Morgan fingerprint density at radius 1 is 1.17 bits per heavy atom. The first-order valence-corrected chi connectivity index (χ1v) is 5.95. The van der Waals surface area contributed by atoms with Crippen LogP contribution in [0.25, 0.3) is 0 Å². The maximum Gasteiger partial charge on any atom is 0.303 e. The van der Waals surface area contributed by atoms with Crippen LogP contribution < -0.4 is 10.6 Å². The number of nitrogens with one attached hydrogen (secondary N) is 2. The van der Waals surface area contributed by atoms with Gasteiger partial charge >= 0.3 is 5.97 Å². The topological polar surface area (TPSA) is 95.5 Å². The number of carbonyl (C=O) groups excluding carboxylic acids is 2. The lowest BCUT2D eigenvalue weighted by atomic mass is 10.1. The molecule has 0 saturated heterocycles. The Bertz CT molecular complexity index is 321. The SMILES string of the molecule is CC(NC(=O)CCCC(=O)O)C(=O)NC(C)(C)C. The normalized spacial score (nSPS) is 12.7. The van der Waals surface area contributed by atoms with Gasteiger partial charge in [-0.1, -0.05) is 0 Å². The second kappa shape index (κ2) is 6.98. The second-order valence-electron chi connectivity index (χ2n) is 5.28. The molecule has 0 saturated carbocycles. The molecule has 104 valence electrons. The predicted octanol–water partition coefficient (Wildman–Crippen LogP) is 0.661. The summed E-state index contributed by atoms with van der Waals surface area (Å²) in [6.45, 7) is 7.15. The lowest BCUT2D eigenvalue weighted by Gasteiger charge is -2.23. The number of carboxylic acid groups (broad SMARTS) is 1. The van der Waals surface area contributed by atoms with Crippen LogP contribution in [-0.2, 0) is 14.4 Å². The molecule has 0 radical (unpaired) electrons. The summed E-state index contributed by atoms with van der Waals surface area (Å²) < 4.78 is 0. The number of hydrogen-bond donors (Lipinski definition) is 3. The van der Waals surface area contributed by atoms with Crippen LogP contribution in [0.1, 0.15) is 47.0 Å². The van der Waals surface area contributed by atoms with E-state index >= 15 is 0 Å². The van der Waals surface area contributed by atoms with E-state index in [0.29, 0.717) is 0 Å². The first-order valence-electron chi connectivity index (χ1n) is 5.95. The third-order valence-corrected chi connectivity index (χ3v) is 2.06. The van der Waals surface area contributed by atoms with Crippen molar-refractivity contribution in [3.8, 4) is 0 Å². The van der Waals surface area contributed by atoms with E-state index in [-0.39, 0.29) is 36.6 Å². The number of aliphatic carboxylic acids is 1. The molecule has 0 bridgehead atoms. The molecule has 0 fully saturated rings. The minimum Gasteiger partial charge on any atom is -0.481 e. The molecule has 0 aliphatic heterocycles. The third kappa shape index (κ3) is 8.55. The lowest BCUT2D eigenvalue weighted by molar-refractivity contribution is -0.137. The van der Waals surface area contributed by atoms with Gasteiger partial charge < -0.3 is 15.7 Å². The fourth-order valence-electron chi connectivity index (χ4n) is 1.26. The molecule has 0 aromatic heterocycles. The maximum atomic E-state index is 11.7. The van der Waals surface area contributed by atoms with Gasteiger partial charge in [-0.25, -0.2) is 0 Å². The highest BCUT2D eigenvalue weighted by Crippen LogP contribution is 2.00. The van der Waals surface area contributed by atoms with Crippen LogP contribution in [0, 0.1) is 0 Å². The van der Waals surface area contributed by atoms with Gasteiger partial charge in [0.05, 0.1) is 0 Å². The summed E-state index contributed by atoms with van der Waals surface area (Å²) in [5, 5.41) is 13.7. The van der Waals surface area contributed by atoms with Crippen molar-refractivity contribution < 1.29 is 19.5 Å². The van der Waals surface area contributed by atoms with Crippen molar-refractivity contribution in [3.63, 3.8) is 0 Å². The van der Waals surface area contributed by atoms with Crippen LogP contribution in [0.3, 0.4) is 0 Å². The second-order valence-corrected chi connectivity index (χ2v) is 5.28. The molecular weight excluding hydrogens is 236 g/mol. The van der Waals surface area contributed by atoms with Crippen LogP contribution in [0.4, 0.5) is 0 Å². The highest BCUT2D eigenvalue weighted by molar-refractivity contribution is 5.87. The average Bonchev–Trinajstić information content (AvgIpc) is 2.13. The number of carbonyl (C=O) groups is 3. The van der Waals surface area contributed by atoms with Gasteiger partial charge in [0.2, 0.25) is 11.8 Å². The smallest absolute Gasteiger partial charge is 0.303 e. The maximum absolute atomic E-state index is 11.7. The highest BCUT2D eigenvalue weighted by atomic mass is 16.4. The third-order valence-electron chi connectivity index (χ3n) is 2.06. The summed E-state index contributed by atoms with van der Waals surface area (Å²) in [5.41, 5.74) is -0.348. The standard InChI is InChI=1S/C12H22N2O4/c1-8(11(18)14-12(2,3)4)13-9(15)6-5-7-10(16)17/h8H,5-7H2,1-4H3,(H,13,15)(H,14,18)(H,16,17). The van der Waals surface area contributed by atoms with Crippen LogP contribution >= 0.6 is 0 Å². The number of carboxylic acids is 1. The highest BCUT2D eigenvalue weighted by Gasteiger charge is 2.20. The summed E-state index contributed by atoms with van der Waals surface area (Å²) >= 11 is 0. The van der Waals surface area contributed by atoms with Crippen molar-refractivity contribution in [2.24, 2.45) is 0 Å². The number of amides is 2. The first kappa shape index (κ1) is 16.4. The molecule has 1 unspecified atom stereocenters. The van der Waals surface area contributed by atoms with Crippen molar-refractivity contribution in [1.82, 2.24) is 10.6 Å². The quantitative estimate of drug-likeness (QED) is 0.652. The zero-order valence-corrected chi connectivity index (χ0v) is 11.4. The summed E-state index contributed by atoms with van der Waals surface area (Å²) in [6.07, 6.45) is 0.338. The fraction of sp³-hybridized carbons (Fsp3) is 0.750. The van der Waals surface area contributed by atoms with E-state index in [4.69, 9.17) is 5.11 Å². The number of rotatable bonds is 6. The van der Waals surface area contributed by atoms with Gasteiger partial charge in [-0.05, 0) is 34.1 Å². The Morgan fingerprint density at radius 2 is 1.72 bits per heavy atom. The van der Waals surface area contributed by atoms with Gasteiger partial charge in [-0.3, -0.25) is 14.4 Å². The van der Waals surface area contributed by atoms with E-state index in [2.05, 4.69) is 10.6 Å². The van der Waals surface area contributed by atoms with Crippen molar-refractivity contribution in [2.45, 2.75) is 58.5 Å². The van der Waals surface area contributed by atoms with E-state index in [0.717, 1.165) is 0 Å². The molecule has 6 heteroatoms. The van der Waals surface area contributed by atoms with E-state index in [9.17, 15) is 14.4 Å². The molecule has 0 aliphatic rings. The monoisotopic (exact) mass is 258 g/mol. The summed E-state index contributed by atoms with van der Waals surface area (Å²) in [4.78, 5) is 33.3. The molecule has 0 aromatic carbocycles. The Balaban J connectivity index is 4.00. The molecule has 0 rings (SSSR count). The summed E-state index contributed by atoms with van der Waals surface area (Å²) in [7, 11) is 0. The first-order chi connectivity index (χ1) is 8.11. The molecule has 3 N–H and O–H groups in total. The number of hydrogen-bond acceptors (Lipinski definition) is 3. The molecule has 0 aromatic rings. The Kier molecular flexibility index (Phi) is 6.36. The van der Waals surface area contributed by atoms with Gasteiger partial charge in [0.15, 0.2) is 0 Å². The van der Waals surface area contributed by atoms with Crippen LogP contribution in [0.2, 0.25) is 0 Å². The largest absolute Gasteiger partial charge is 0.481 e. The van der Waals surface area contributed by atoms with Crippen LogP contribution in [0.15, 0.2) is 0 Å². The summed E-state index contributed by atoms with van der Waals surface area (Å²) in [6, 6.07) is -0.624. The zero-order valence-electron chi connectivity index (χ0n) is 11.4. The van der Waals surface area contributed by atoms with Gasteiger partial charge in [0.1, 0.15) is 6.04 Å². The molecule has 0 aliphatic carbocycles. The van der Waals surface area contributed by atoms with Crippen molar-refractivity contribution in [2.75, 3.05) is 0 Å². The Hall–Kier alpha value is -1.59. The average molecular weight is 258 g/mol. The van der Waals surface area contributed by atoms with Gasteiger partial charge in [0.25, 0.3) is 0 Å². The Labute approximate surface area is 107 Å². The van der Waals surface area contributed by atoms with Crippen LogP contribution in [-0.4, -0.2) is 34.5 Å². The van der Waals surface area contributed by atoms with Gasteiger partial charge in [-0.15, -0.1) is 0 Å². The van der Waals surface area contributed by atoms with Crippen molar-refractivity contribution in [1.29, 1.82) is 0 Å². The van der Waals surface area contributed by atoms with Crippen molar-refractivity contribution in [3.05, 3.63) is 0 Å². The molecule has 0 spiro atoms. The van der Waals surface area contributed by atoms with Gasteiger partial charge in [0, 0.05) is 18.4 Å². The predicted molar refractivity (Wildman–Crippen MR) is 67.0 cm³/mol. The Morgan fingerprint density at radius 3 is 2.17 bits per heavy atom. The molecule has 2 amide bonds. The van der Waals surface area contributed by atoms with E-state index in [1.54, 1.807) is 6.92 Å². The minimum atomic E-state index is -0.929. The van der Waals surface area contributed by atoms with E-state index < -0.39 is 12.0 Å². The van der Waals surface area contributed by atoms with E-state index in [1.165, 1.54) is 0 Å². The minimum absolute atomic E-state index is 0.0456. The van der Waals surface area contributed by atoms with Crippen molar-refractivity contribution >= 4 is 17.8 Å². The molecule has 0 heterocycles. The zero-order chi connectivity index (χ0) is 14.3. The lowest BCUT2D eigenvalue weighted by Crippen LogP contribution is -2.50. The molecular formula is C12H22N2O4. The van der Waals surface area contributed by atoms with E-state index in [1.807, 2.05) is 20.8 Å². The summed E-state index contributed by atoms with van der Waals surface area (Å²) in [5.74, 6) is -1.50. The molecule has 18 heavy (non-hydrogen) atoms. The van der Waals surface area contributed by atoms with Gasteiger partial charge in [-0.2, -0.15) is 0 Å². The van der Waals surface area contributed by atoms with Crippen LogP contribution in [0.5, 0.6) is 0 Å². The fourth-order valence-corrected chi connectivity index (χ4v) is 1.26.